The standard InChI is InChI=1S/C11H22F3NO/c1-4-7-15-8-5-6-9(2)16-10(3)11(12,13)14/h9-10,15H,4-8H2,1-3H3. The van der Waals surface area contributed by atoms with Crippen LogP contribution in [0.15, 0.2) is 0 Å². The molecule has 0 radical (unpaired) electrons. The average Bonchev–Trinajstić information content (AvgIpc) is 2.16. The van der Waals surface area contributed by atoms with E-state index in [1.807, 2.05) is 0 Å². The van der Waals surface area contributed by atoms with Crippen LogP contribution in [0.5, 0.6) is 0 Å². The maximum atomic E-state index is 12.2. The molecule has 0 aliphatic heterocycles. The van der Waals surface area contributed by atoms with E-state index in [0.717, 1.165) is 32.9 Å². The highest BCUT2D eigenvalue weighted by Gasteiger charge is 2.37. The molecule has 0 spiro atoms. The van der Waals surface area contributed by atoms with Gasteiger partial charge in [0.25, 0.3) is 0 Å². The molecule has 0 aromatic carbocycles. The molecule has 2 unspecified atom stereocenters. The molecular weight excluding hydrogens is 219 g/mol. The summed E-state index contributed by atoms with van der Waals surface area (Å²) in [6.45, 7) is 6.59. The van der Waals surface area contributed by atoms with Crippen LogP contribution < -0.4 is 5.32 Å². The molecule has 98 valence electrons. The van der Waals surface area contributed by atoms with Crippen LogP contribution in [0.2, 0.25) is 0 Å². The molecular formula is C11H22F3NO. The van der Waals surface area contributed by atoms with E-state index in [4.69, 9.17) is 4.74 Å². The first kappa shape index (κ1) is 15.7. The summed E-state index contributed by atoms with van der Waals surface area (Å²) >= 11 is 0. The Balaban J connectivity index is 3.55. The molecule has 0 bridgehead atoms. The Bertz CT molecular complexity index is 173. The second-order valence-corrected chi connectivity index (χ2v) is 4.02. The van der Waals surface area contributed by atoms with E-state index in [-0.39, 0.29) is 6.10 Å². The first-order valence-corrected chi connectivity index (χ1v) is 5.80. The predicted octanol–water partition coefficient (Wildman–Crippen LogP) is 3.12. The predicted molar refractivity (Wildman–Crippen MR) is 58.5 cm³/mol. The highest BCUT2D eigenvalue weighted by atomic mass is 19.4. The first-order valence-electron chi connectivity index (χ1n) is 5.80. The normalized spacial score (nSPS) is 16.1. The van der Waals surface area contributed by atoms with Gasteiger partial charge in [0.15, 0.2) is 6.10 Å². The maximum Gasteiger partial charge on any atom is 0.414 e. The van der Waals surface area contributed by atoms with Crippen LogP contribution in [-0.4, -0.2) is 31.5 Å². The molecule has 0 saturated heterocycles. The molecule has 0 aromatic rings. The van der Waals surface area contributed by atoms with Gasteiger partial charge in [-0.2, -0.15) is 13.2 Å². The van der Waals surface area contributed by atoms with Crippen LogP contribution in [0.25, 0.3) is 0 Å². The molecule has 2 atom stereocenters. The summed E-state index contributed by atoms with van der Waals surface area (Å²) in [5.41, 5.74) is 0. The minimum atomic E-state index is -4.26. The van der Waals surface area contributed by atoms with E-state index in [9.17, 15) is 13.2 Å². The molecule has 2 nitrogen and oxygen atoms in total. The van der Waals surface area contributed by atoms with Gasteiger partial charge in [-0.15, -0.1) is 0 Å². The molecule has 0 aliphatic carbocycles. The van der Waals surface area contributed by atoms with E-state index >= 15 is 0 Å². The van der Waals surface area contributed by atoms with Crippen molar-refractivity contribution in [3.63, 3.8) is 0 Å². The van der Waals surface area contributed by atoms with Gasteiger partial charge in [-0.3, -0.25) is 0 Å². The minimum Gasteiger partial charge on any atom is -0.366 e. The zero-order chi connectivity index (χ0) is 12.6. The van der Waals surface area contributed by atoms with E-state index in [0.29, 0.717) is 6.42 Å². The Kier molecular flexibility index (Phi) is 7.76. The summed E-state index contributed by atoms with van der Waals surface area (Å²) in [6.07, 6.45) is -3.72. The van der Waals surface area contributed by atoms with Crippen molar-refractivity contribution in [1.29, 1.82) is 0 Å². The SMILES string of the molecule is CCCNCCCC(C)OC(C)C(F)(F)F. The minimum absolute atomic E-state index is 0.347. The van der Waals surface area contributed by atoms with Crippen molar-refractivity contribution in [3.8, 4) is 0 Å². The van der Waals surface area contributed by atoms with Gasteiger partial charge in [0, 0.05) is 0 Å². The van der Waals surface area contributed by atoms with Gasteiger partial charge >= 0.3 is 6.18 Å². The summed E-state index contributed by atoms with van der Waals surface area (Å²) < 4.78 is 41.4. The second-order valence-electron chi connectivity index (χ2n) is 4.02. The van der Waals surface area contributed by atoms with Crippen LogP contribution >= 0.6 is 0 Å². The van der Waals surface area contributed by atoms with Crippen molar-refractivity contribution >= 4 is 0 Å². The number of halogens is 3. The molecule has 0 saturated carbocycles. The van der Waals surface area contributed by atoms with E-state index in [1.54, 1.807) is 6.92 Å². The van der Waals surface area contributed by atoms with Gasteiger partial charge in [-0.05, 0) is 46.2 Å². The molecule has 0 aromatic heterocycles. The second kappa shape index (κ2) is 7.90. The summed E-state index contributed by atoms with van der Waals surface area (Å²) in [5, 5.41) is 3.20. The molecule has 0 aliphatic rings. The molecule has 0 amide bonds. The number of ether oxygens (including phenoxy) is 1. The molecule has 0 rings (SSSR count). The summed E-state index contributed by atoms with van der Waals surface area (Å²) in [6, 6.07) is 0. The lowest BCUT2D eigenvalue weighted by Crippen LogP contribution is -2.32. The zero-order valence-electron chi connectivity index (χ0n) is 10.2. The number of alkyl halides is 3. The van der Waals surface area contributed by atoms with Crippen LogP contribution in [0.1, 0.15) is 40.0 Å². The number of rotatable bonds is 8. The fraction of sp³-hybridized carbons (Fsp3) is 1.00. The Morgan fingerprint density at radius 2 is 1.81 bits per heavy atom. The fourth-order valence-electron chi connectivity index (χ4n) is 1.31. The topological polar surface area (TPSA) is 21.3 Å². The van der Waals surface area contributed by atoms with Gasteiger partial charge < -0.3 is 10.1 Å². The average molecular weight is 241 g/mol. The van der Waals surface area contributed by atoms with Crippen LogP contribution in [0.3, 0.4) is 0 Å². The van der Waals surface area contributed by atoms with Crippen molar-refractivity contribution < 1.29 is 17.9 Å². The van der Waals surface area contributed by atoms with Gasteiger partial charge in [0.05, 0.1) is 6.10 Å². The quantitative estimate of drug-likeness (QED) is 0.659. The Labute approximate surface area is 95.5 Å². The van der Waals surface area contributed by atoms with Crippen molar-refractivity contribution in [2.75, 3.05) is 13.1 Å². The Morgan fingerprint density at radius 1 is 1.19 bits per heavy atom. The molecule has 16 heavy (non-hydrogen) atoms. The van der Waals surface area contributed by atoms with Crippen LogP contribution in [0, 0.1) is 0 Å². The lowest BCUT2D eigenvalue weighted by Gasteiger charge is -2.21. The van der Waals surface area contributed by atoms with Crippen molar-refractivity contribution in [2.45, 2.75) is 58.4 Å². The van der Waals surface area contributed by atoms with Crippen molar-refractivity contribution in [2.24, 2.45) is 0 Å². The zero-order valence-corrected chi connectivity index (χ0v) is 10.2. The van der Waals surface area contributed by atoms with E-state index in [2.05, 4.69) is 12.2 Å². The molecule has 0 heterocycles. The van der Waals surface area contributed by atoms with Gasteiger partial charge in [0.1, 0.15) is 0 Å². The summed E-state index contributed by atoms with van der Waals surface area (Å²) in [5.74, 6) is 0. The Hall–Kier alpha value is -0.290. The van der Waals surface area contributed by atoms with Gasteiger partial charge in [-0.1, -0.05) is 6.92 Å². The third-order valence-corrected chi connectivity index (χ3v) is 2.29. The fourth-order valence-corrected chi connectivity index (χ4v) is 1.31. The van der Waals surface area contributed by atoms with E-state index in [1.165, 1.54) is 0 Å². The number of hydrogen-bond donors (Lipinski definition) is 1. The third-order valence-electron chi connectivity index (χ3n) is 2.29. The molecule has 5 heteroatoms. The third kappa shape index (κ3) is 7.93. The molecule has 1 N–H and O–H groups in total. The first-order chi connectivity index (χ1) is 7.38. The maximum absolute atomic E-state index is 12.2. The van der Waals surface area contributed by atoms with Crippen molar-refractivity contribution in [3.05, 3.63) is 0 Å². The van der Waals surface area contributed by atoms with Gasteiger partial charge in [0.2, 0.25) is 0 Å². The summed E-state index contributed by atoms with van der Waals surface area (Å²) in [4.78, 5) is 0. The highest BCUT2D eigenvalue weighted by molar-refractivity contribution is 4.64. The number of nitrogens with one attached hydrogen (secondary N) is 1. The Morgan fingerprint density at radius 3 is 2.31 bits per heavy atom. The largest absolute Gasteiger partial charge is 0.414 e. The number of hydrogen-bond acceptors (Lipinski definition) is 2. The summed E-state index contributed by atoms with van der Waals surface area (Å²) in [7, 11) is 0. The monoisotopic (exact) mass is 241 g/mol. The smallest absolute Gasteiger partial charge is 0.366 e. The van der Waals surface area contributed by atoms with Crippen molar-refractivity contribution in [1.82, 2.24) is 5.32 Å². The lowest BCUT2D eigenvalue weighted by molar-refractivity contribution is -0.225. The molecule has 0 fully saturated rings. The van der Waals surface area contributed by atoms with Gasteiger partial charge in [-0.25, -0.2) is 0 Å². The van der Waals surface area contributed by atoms with Crippen LogP contribution in [-0.2, 0) is 4.74 Å². The van der Waals surface area contributed by atoms with E-state index < -0.39 is 12.3 Å². The highest BCUT2D eigenvalue weighted by Crippen LogP contribution is 2.23. The lowest BCUT2D eigenvalue weighted by atomic mass is 10.2. The van der Waals surface area contributed by atoms with Crippen LogP contribution in [0.4, 0.5) is 13.2 Å².